The van der Waals surface area contributed by atoms with Crippen molar-refractivity contribution in [2.45, 2.75) is 6.92 Å². The molecule has 0 atom stereocenters. The molecule has 0 unspecified atom stereocenters. The number of halogens is 1. The summed E-state index contributed by atoms with van der Waals surface area (Å²) in [6.45, 7) is 3.53. The van der Waals surface area contributed by atoms with Crippen LogP contribution in [0.15, 0.2) is 30.5 Å². The van der Waals surface area contributed by atoms with Gasteiger partial charge in [0.1, 0.15) is 0 Å². The average molecular weight is 412 g/mol. The lowest BCUT2D eigenvalue weighted by Gasteiger charge is -2.37. The van der Waals surface area contributed by atoms with Crippen LogP contribution in [0.4, 0.5) is 5.13 Å². The van der Waals surface area contributed by atoms with Gasteiger partial charge in [0.15, 0.2) is 0 Å². The lowest BCUT2D eigenvalue weighted by atomic mass is 10.0. The van der Waals surface area contributed by atoms with E-state index in [2.05, 4.69) is 15.4 Å². The lowest BCUT2D eigenvalue weighted by Crippen LogP contribution is -2.52. The predicted octanol–water partition coefficient (Wildman–Crippen LogP) is 2.80. The molecule has 1 saturated heterocycles. The van der Waals surface area contributed by atoms with E-state index in [1.807, 2.05) is 30.5 Å². The maximum absolute atomic E-state index is 11.7. The standard InChI is InChI=1S/C16H18ClN5O2S2/c1-2-26(23,24)21-8-11(9-21)7-18-15-20-22-10-14(19-16(22)25-15)12-3-5-13(17)6-4-12/h3-6,10-11H,2,7-9H2,1H3,(H,18,20). The van der Waals surface area contributed by atoms with E-state index in [1.165, 1.54) is 15.6 Å². The Bertz CT molecular complexity index is 991. The van der Waals surface area contributed by atoms with Gasteiger partial charge in [-0.05, 0) is 19.1 Å². The molecule has 3 heterocycles. The number of imidazole rings is 1. The monoisotopic (exact) mass is 411 g/mol. The quantitative estimate of drug-likeness (QED) is 0.674. The van der Waals surface area contributed by atoms with E-state index in [0.29, 0.717) is 30.6 Å². The Hall–Kier alpha value is -1.68. The number of rotatable bonds is 6. The number of nitrogens with zero attached hydrogens (tertiary/aromatic N) is 4. The van der Waals surface area contributed by atoms with Crippen LogP contribution in [0.1, 0.15) is 6.92 Å². The lowest BCUT2D eigenvalue weighted by molar-refractivity contribution is 0.212. The van der Waals surface area contributed by atoms with Gasteiger partial charge in [0.25, 0.3) is 0 Å². The molecule has 1 aliphatic rings. The number of hydrogen-bond acceptors (Lipinski definition) is 6. The van der Waals surface area contributed by atoms with Crippen LogP contribution in [-0.4, -0.2) is 52.7 Å². The van der Waals surface area contributed by atoms with Crippen LogP contribution in [0, 0.1) is 5.92 Å². The molecule has 4 rings (SSSR count). The Labute approximate surface area is 160 Å². The topological polar surface area (TPSA) is 79.6 Å². The van der Waals surface area contributed by atoms with E-state index in [1.54, 1.807) is 11.4 Å². The second-order valence-electron chi connectivity index (χ2n) is 6.23. The van der Waals surface area contributed by atoms with Crippen molar-refractivity contribution < 1.29 is 8.42 Å². The molecule has 1 aromatic carbocycles. The molecular weight excluding hydrogens is 394 g/mol. The van der Waals surface area contributed by atoms with Gasteiger partial charge in [0.2, 0.25) is 20.1 Å². The molecule has 0 saturated carbocycles. The van der Waals surface area contributed by atoms with Crippen LogP contribution in [0.5, 0.6) is 0 Å². The number of fused-ring (bicyclic) bond motifs is 1. The maximum atomic E-state index is 11.7. The van der Waals surface area contributed by atoms with Crippen molar-refractivity contribution in [1.29, 1.82) is 0 Å². The highest BCUT2D eigenvalue weighted by Crippen LogP contribution is 2.26. The summed E-state index contributed by atoms with van der Waals surface area (Å²) in [7, 11) is -3.05. The Balaban J connectivity index is 1.37. The molecular formula is C16H18ClN5O2S2. The van der Waals surface area contributed by atoms with Gasteiger partial charge in [-0.2, -0.15) is 0 Å². The van der Waals surface area contributed by atoms with E-state index in [0.717, 1.165) is 21.3 Å². The van der Waals surface area contributed by atoms with Crippen molar-refractivity contribution in [3.8, 4) is 11.3 Å². The first-order valence-electron chi connectivity index (χ1n) is 8.28. The third kappa shape index (κ3) is 3.44. The van der Waals surface area contributed by atoms with Crippen molar-refractivity contribution in [2.24, 2.45) is 5.92 Å². The first kappa shape index (κ1) is 17.7. The Kier molecular flexibility index (Phi) is 4.64. The Morgan fingerprint density at radius 1 is 1.31 bits per heavy atom. The minimum atomic E-state index is -3.05. The van der Waals surface area contributed by atoms with Crippen molar-refractivity contribution in [3.05, 3.63) is 35.5 Å². The molecule has 0 bridgehead atoms. The second kappa shape index (κ2) is 6.80. The Morgan fingerprint density at radius 3 is 2.69 bits per heavy atom. The molecule has 26 heavy (non-hydrogen) atoms. The van der Waals surface area contributed by atoms with Gasteiger partial charge in [0, 0.05) is 36.1 Å². The third-order valence-electron chi connectivity index (χ3n) is 4.41. The second-order valence-corrected chi connectivity index (χ2v) is 9.88. The molecule has 0 amide bonds. The number of benzene rings is 1. The van der Waals surface area contributed by atoms with Crippen LogP contribution in [0.2, 0.25) is 5.02 Å². The van der Waals surface area contributed by atoms with Crippen LogP contribution in [0.25, 0.3) is 16.2 Å². The zero-order valence-electron chi connectivity index (χ0n) is 14.1. The molecule has 138 valence electrons. The first-order chi connectivity index (χ1) is 12.4. The fourth-order valence-electron chi connectivity index (χ4n) is 2.82. The van der Waals surface area contributed by atoms with Crippen molar-refractivity contribution in [1.82, 2.24) is 18.9 Å². The Morgan fingerprint density at radius 2 is 2.04 bits per heavy atom. The van der Waals surface area contributed by atoms with Crippen LogP contribution in [0.3, 0.4) is 0 Å². The summed E-state index contributed by atoms with van der Waals surface area (Å²) >= 11 is 7.39. The first-order valence-corrected chi connectivity index (χ1v) is 11.1. The molecule has 10 heteroatoms. The minimum absolute atomic E-state index is 0.160. The summed E-state index contributed by atoms with van der Waals surface area (Å²) in [6, 6.07) is 7.54. The average Bonchev–Trinajstić information content (AvgIpc) is 3.12. The normalized spacial score (nSPS) is 16.1. The minimum Gasteiger partial charge on any atom is -0.360 e. The zero-order valence-corrected chi connectivity index (χ0v) is 16.5. The maximum Gasteiger partial charge on any atom is 0.214 e. The van der Waals surface area contributed by atoms with Gasteiger partial charge in [-0.15, -0.1) is 5.10 Å². The van der Waals surface area contributed by atoms with Crippen molar-refractivity contribution in [2.75, 3.05) is 30.7 Å². The van der Waals surface area contributed by atoms with Gasteiger partial charge >= 0.3 is 0 Å². The van der Waals surface area contributed by atoms with E-state index in [9.17, 15) is 8.42 Å². The van der Waals surface area contributed by atoms with Crippen molar-refractivity contribution >= 4 is 43.1 Å². The molecule has 0 radical (unpaired) electrons. The van der Waals surface area contributed by atoms with E-state index < -0.39 is 10.0 Å². The number of sulfonamides is 1. The molecule has 2 aromatic heterocycles. The molecule has 3 aromatic rings. The summed E-state index contributed by atoms with van der Waals surface area (Å²) in [5, 5.41) is 9.26. The summed E-state index contributed by atoms with van der Waals surface area (Å²) in [6.07, 6.45) is 1.89. The predicted molar refractivity (Wildman–Crippen MR) is 104 cm³/mol. The van der Waals surface area contributed by atoms with Crippen LogP contribution >= 0.6 is 22.9 Å². The van der Waals surface area contributed by atoms with E-state index in [4.69, 9.17) is 11.6 Å². The molecule has 1 fully saturated rings. The van der Waals surface area contributed by atoms with Gasteiger partial charge in [-0.25, -0.2) is 22.2 Å². The van der Waals surface area contributed by atoms with E-state index in [-0.39, 0.29) is 5.75 Å². The highest BCUT2D eigenvalue weighted by atomic mass is 35.5. The summed E-state index contributed by atoms with van der Waals surface area (Å²) in [4.78, 5) is 5.41. The summed E-state index contributed by atoms with van der Waals surface area (Å²) in [5.41, 5.74) is 1.85. The van der Waals surface area contributed by atoms with Crippen LogP contribution < -0.4 is 5.32 Å². The van der Waals surface area contributed by atoms with E-state index >= 15 is 0 Å². The van der Waals surface area contributed by atoms with Gasteiger partial charge in [-0.3, -0.25) is 0 Å². The number of anilines is 1. The molecule has 7 nitrogen and oxygen atoms in total. The summed E-state index contributed by atoms with van der Waals surface area (Å²) in [5.74, 6) is 0.476. The molecule has 0 spiro atoms. The smallest absolute Gasteiger partial charge is 0.214 e. The fourth-order valence-corrected chi connectivity index (χ4v) is 4.98. The molecule has 1 aliphatic heterocycles. The number of aromatic nitrogens is 3. The van der Waals surface area contributed by atoms with Gasteiger partial charge < -0.3 is 5.32 Å². The zero-order chi connectivity index (χ0) is 18.3. The van der Waals surface area contributed by atoms with Crippen LogP contribution in [-0.2, 0) is 10.0 Å². The van der Waals surface area contributed by atoms with Crippen molar-refractivity contribution in [3.63, 3.8) is 0 Å². The highest BCUT2D eigenvalue weighted by molar-refractivity contribution is 7.89. The number of hydrogen-bond donors (Lipinski definition) is 1. The third-order valence-corrected chi connectivity index (χ3v) is 7.35. The fraction of sp³-hybridized carbons (Fsp3) is 0.375. The highest BCUT2D eigenvalue weighted by Gasteiger charge is 2.34. The molecule has 1 N–H and O–H groups in total. The van der Waals surface area contributed by atoms with Gasteiger partial charge in [0.05, 0.1) is 17.6 Å². The largest absolute Gasteiger partial charge is 0.360 e. The van der Waals surface area contributed by atoms with Gasteiger partial charge in [-0.1, -0.05) is 35.1 Å². The number of nitrogens with one attached hydrogen (secondary N) is 1. The SMILES string of the molecule is CCS(=O)(=O)N1CC(CNc2nn3cc(-c4ccc(Cl)cc4)nc3s2)C1. The summed E-state index contributed by atoms with van der Waals surface area (Å²) < 4.78 is 26.7. The molecule has 0 aliphatic carbocycles.